The van der Waals surface area contributed by atoms with E-state index in [2.05, 4.69) is 0 Å². The van der Waals surface area contributed by atoms with Gasteiger partial charge in [-0.25, -0.2) is 0 Å². The highest BCUT2D eigenvalue weighted by Gasteiger charge is 2.27. The number of hydrogen-bond acceptors (Lipinski definition) is 3. The third kappa shape index (κ3) is 4.40. The summed E-state index contributed by atoms with van der Waals surface area (Å²) in [6.07, 6.45) is 4.23. The second-order valence-electron chi connectivity index (χ2n) is 7.58. The maximum atomic E-state index is 13.2. The molecular formula is C23H25ClN2O3. The maximum absolute atomic E-state index is 13.2. The van der Waals surface area contributed by atoms with Gasteiger partial charge < -0.3 is 14.5 Å². The number of rotatable bonds is 4. The molecule has 0 unspecified atom stereocenters. The van der Waals surface area contributed by atoms with Crippen LogP contribution in [-0.2, 0) is 0 Å². The third-order valence-corrected chi connectivity index (χ3v) is 5.97. The van der Waals surface area contributed by atoms with E-state index in [1.165, 1.54) is 6.42 Å². The summed E-state index contributed by atoms with van der Waals surface area (Å²) < 4.78 is 6.03. The van der Waals surface area contributed by atoms with Crippen molar-refractivity contribution in [3.05, 3.63) is 64.7 Å². The summed E-state index contributed by atoms with van der Waals surface area (Å²) in [5, 5.41) is 0.455. The molecule has 1 saturated carbocycles. The highest BCUT2D eigenvalue weighted by atomic mass is 35.5. The number of carbonyl (C=O) groups excluding carboxylic acids is 2. The fraction of sp³-hybridized carbons (Fsp3) is 0.391. The molecule has 0 bridgehead atoms. The van der Waals surface area contributed by atoms with Crippen LogP contribution in [0.25, 0.3) is 0 Å². The number of amides is 2. The molecule has 1 heterocycles. The van der Waals surface area contributed by atoms with Gasteiger partial charge in [0.05, 0.1) is 22.3 Å². The molecule has 0 N–H and O–H groups in total. The van der Waals surface area contributed by atoms with Gasteiger partial charge in [-0.05, 0) is 49.9 Å². The Kier molecular flexibility index (Phi) is 6.05. The van der Waals surface area contributed by atoms with Gasteiger partial charge in [0.1, 0.15) is 5.75 Å². The smallest absolute Gasteiger partial charge is 0.257 e. The normalized spacial score (nSPS) is 17.4. The summed E-state index contributed by atoms with van der Waals surface area (Å²) in [4.78, 5) is 29.6. The Morgan fingerprint density at radius 3 is 2.00 bits per heavy atom. The number of ether oxygens (including phenoxy) is 1. The second kappa shape index (κ2) is 8.87. The minimum atomic E-state index is -0.0846. The molecule has 6 heteroatoms. The van der Waals surface area contributed by atoms with E-state index in [0.717, 1.165) is 19.3 Å². The van der Waals surface area contributed by atoms with E-state index in [4.69, 9.17) is 16.3 Å². The van der Waals surface area contributed by atoms with E-state index in [0.29, 0.717) is 48.1 Å². The van der Waals surface area contributed by atoms with Crippen LogP contribution >= 0.6 is 11.6 Å². The molecule has 152 valence electrons. The Morgan fingerprint density at radius 2 is 1.38 bits per heavy atom. The van der Waals surface area contributed by atoms with Gasteiger partial charge in [0.15, 0.2) is 0 Å². The highest BCUT2D eigenvalue weighted by Crippen LogP contribution is 2.28. The van der Waals surface area contributed by atoms with Crippen molar-refractivity contribution in [2.75, 3.05) is 26.2 Å². The lowest BCUT2D eigenvalue weighted by Gasteiger charge is -2.28. The Balaban J connectivity index is 1.44. The molecule has 2 aromatic carbocycles. The van der Waals surface area contributed by atoms with E-state index >= 15 is 0 Å². The number of benzene rings is 2. The van der Waals surface area contributed by atoms with Crippen LogP contribution in [-0.4, -0.2) is 53.9 Å². The van der Waals surface area contributed by atoms with Crippen LogP contribution < -0.4 is 4.74 Å². The Morgan fingerprint density at radius 1 is 0.793 bits per heavy atom. The van der Waals surface area contributed by atoms with Crippen molar-refractivity contribution < 1.29 is 14.3 Å². The molecule has 2 fully saturated rings. The van der Waals surface area contributed by atoms with Crippen LogP contribution in [0.3, 0.4) is 0 Å². The van der Waals surface area contributed by atoms with Gasteiger partial charge in [-0.15, -0.1) is 0 Å². The Labute approximate surface area is 176 Å². The minimum absolute atomic E-state index is 0.0352. The number of carbonyl (C=O) groups is 2. The van der Waals surface area contributed by atoms with Crippen LogP contribution in [0, 0.1) is 0 Å². The zero-order chi connectivity index (χ0) is 20.2. The Bertz CT molecular complexity index is 897. The van der Waals surface area contributed by atoms with Gasteiger partial charge in [0.25, 0.3) is 11.8 Å². The van der Waals surface area contributed by atoms with E-state index in [1.807, 2.05) is 41.3 Å². The first-order valence-corrected chi connectivity index (χ1v) is 10.6. The Hall–Kier alpha value is -2.53. The van der Waals surface area contributed by atoms with Crippen LogP contribution in [0.1, 0.15) is 46.4 Å². The van der Waals surface area contributed by atoms with E-state index in [9.17, 15) is 9.59 Å². The molecule has 4 rings (SSSR count). The van der Waals surface area contributed by atoms with E-state index < -0.39 is 0 Å². The second-order valence-corrected chi connectivity index (χ2v) is 7.99. The SMILES string of the molecule is O=C(c1ccccc1Cl)N1CCCN(C(=O)c2ccccc2OC2CCC2)CC1. The molecule has 2 aromatic rings. The van der Waals surface area contributed by atoms with Gasteiger partial charge in [-0.3, -0.25) is 9.59 Å². The summed E-state index contributed by atoms with van der Waals surface area (Å²) in [5.41, 5.74) is 1.11. The predicted octanol–water partition coefficient (Wildman–Crippen LogP) is 4.26. The summed E-state index contributed by atoms with van der Waals surface area (Å²) in [6.45, 7) is 2.20. The first kappa shape index (κ1) is 19.8. The fourth-order valence-electron chi connectivity index (χ4n) is 3.71. The first-order chi connectivity index (χ1) is 14.1. The summed E-state index contributed by atoms with van der Waals surface area (Å²) >= 11 is 6.19. The molecule has 5 nitrogen and oxygen atoms in total. The lowest BCUT2D eigenvalue weighted by atomic mass is 9.96. The minimum Gasteiger partial charge on any atom is -0.490 e. The van der Waals surface area contributed by atoms with E-state index in [-0.39, 0.29) is 17.9 Å². The predicted molar refractivity (Wildman–Crippen MR) is 113 cm³/mol. The number of hydrogen-bond donors (Lipinski definition) is 0. The molecule has 0 radical (unpaired) electrons. The van der Waals surface area contributed by atoms with Crippen LogP contribution in [0.5, 0.6) is 5.75 Å². The third-order valence-electron chi connectivity index (χ3n) is 5.64. The molecule has 2 amide bonds. The van der Waals surface area contributed by atoms with Crippen molar-refractivity contribution in [2.24, 2.45) is 0 Å². The molecular weight excluding hydrogens is 388 g/mol. The molecule has 0 atom stereocenters. The van der Waals surface area contributed by atoms with Gasteiger partial charge >= 0.3 is 0 Å². The number of halogens is 1. The van der Waals surface area contributed by atoms with Gasteiger partial charge in [-0.1, -0.05) is 35.9 Å². The monoisotopic (exact) mass is 412 g/mol. The largest absolute Gasteiger partial charge is 0.490 e. The number of para-hydroxylation sites is 1. The molecule has 29 heavy (non-hydrogen) atoms. The average molecular weight is 413 g/mol. The van der Waals surface area contributed by atoms with E-state index in [1.54, 1.807) is 17.0 Å². The summed E-state index contributed by atoms with van der Waals surface area (Å²) in [6, 6.07) is 14.6. The van der Waals surface area contributed by atoms with Crippen LogP contribution in [0.4, 0.5) is 0 Å². The number of nitrogens with zero attached hydrogens (tertiary/aromatic N) is 2. The van der Waals surface area contributed by atoms with Crippen molar-refractivity contribution in [2.45, 2.75) is 31.8 Å². The van der Waals surface area contributed by atoms with Gasteiger partial charge in [0, 0.05) is 26.2 Å². The maximum Gasteiger partial charge on any atom is 0.257 e. The lowest BCUT2D eigenvalue weighted by Crippen LogP contribution is -2.37. The average Bonchev–Trinajstić information content (AvgIpc) is 2.97. The standard InChI is InChI=1S/C23H25ClN2O3/c24-20-11-3-1-9-18(20)22(27)25-13-6-14-26(16-15-25)23(28)19-10-2-4-12-21(19)29-17-7-5-8-17/h1-4,9-12,17H,5-8,13-16H2. The van der Waals surface area contributed by atoms with Crippen molar-refractivity contribution in [3.63, 3.8) is 0 Å². The topological polar surface area (TPSA) is 49.9 Å². The first-order valence-electron chi connectivity index (χ1n) is 10.2. The van der Waals surface area contributed by atoms with Crippen molar-refractivity contribution in [1.29, 1.82) is 0 Å². The molecule has 0 spiro atoms. The van der Waals surface area contributed by atoms with Crippen molar-refractivity contribution in [3.8, 4) is 5.75 Å². The molecule has 1 aliphatic carbocycles. The summed E-state index contributed by atoms with van der Waals surface area (Å²) in [7, 11) is 0. The fourth-order valence-corrected chi connectivity index (χ4v) is 3.93. The lowest BCUT2D eigenvalue weighted by molar-refractivity contribution is 0.0708. The zero-order valence-electron chi connectivity index (χ0n) is 16.4. The van der Waals surface area contributed by atoms with Crippen molar-refractivity contribution >= 4 is 23.4 Å². The van der Waals surface area contributed by atoms with Crippen LogP contribution in [0.2, 0.25) is 5.02 Å². The zero-order valence-corrected chi connectivity index (χ0v) is 17.1. The van der Waals surface area contributed by atoms with Gasteiger partial charge in [0.2, 0.25) is 0 Å². The van der Waals surface area contributed by atoms with Crippen molar-refractivity contribution in [1.82, 2.24) is 9.80 Å². The molecule has 1 saturated heterocycles. The van der Waals surface area contributed by atoms with Crippen LogP contribution in [0.15, 0.2) is 48.5 Å². The molecule has 0 aromatic heterocycles. The van der Waals surface area contributed by atoms with Gasteiger partial charge in [-0.2, -0.15) is 0 Å². The molecule has 2 aliphatic rings. The quantitative estimate of drug-likeness (QED) is 0.753. The highest BCUT2D eigenvalue weighted by molar-refractivity contribution is 6.33. The summed E-state index contributed by atoms with van der Waals surface area (Å²) in [5.74, 6) is 0.543. The molecule has 1 aliphatic heterocycles.